The normalized spacial score (nSPS) is 17.6. The van der Waals surface area contributed by atoms with E-state index in [4.69, 9.17) is 16.3 Å². The second kappa shape index (κ2) is 7.25. The summed E-state index contributed by atoms with van der Waals surface area (Å²) in [5, 5.41) is 3.31. The van der Waals surface area contributed by atoms with Crippen LogP contribution in [0.2, 0.25) is 5.02 Å². The molecule has 2 aliphatic rings. The van der Waals surface area contributed by atoms with Crippen LogP contribution in [-0.4, -0.2) is 16.0 Å². The number of hydrogen-bond acceptors (Lipinski definition) is 4. The minimum absolute atomic E-state index is 0.275. The number of pyridine rings is 2. The van der Waals surface area contributed by atoms with E-state index in [2.05, 4.69) is 15.3 Å². The lowest BCUT2D eigenvalue weighted by Crippen LogP contribution is -2.39. The van der Waals surface area contributed by atoms with E-state index in [9.17, 15) is 9.18 Å². The van der Waals surface area contributed by atoms with E-state index >= 15 is 0 Å². The van der Waals surface area contributed by atoms with E-state index < -0.39 is 6.10 Å². The third kappa shape index (κ3) is 3.25. The van der Waals surface area contributed by atoms with Crippen LogP contribution < -0.4 is 15.0 Å². The van der Waals surface area contributed by atoms with Gasteiger partial charge >= 0.3 is 6.03 Å². The molecule has 8 heteroatoms. The van der Waals surface area contributed by atoms with Crippen molar-refractivity contribution in [2.75, 3.05) is 10.2 Å². The molecule has 5 rings (SSSR count). The second-order valence-corrected chi connectivity index (χ2v) is 7.88. The van der Waals surface area contributed by atoms with Gasteiger partial charge in [-0.2, -0.15) is 0 Å². The quantitative estimate of drug-likeness (QED) is 0.614. The summed E-state index contributed by atoms with van der Waals surface area (Å²) in [6.45, 7) is 2.30. The molecule has 4 heterocycles. The number of aromatic nitrogens is 2. The van der Waals surface area contributed by atoms with Crippen LogP contribution in [0.3, 0.4) is 0 Å². The zero-order valence-electron chi connectivity index (χ0n) is 16.2. The summed E-state index contributed by atoms with van der Waals surface area (Å²) < 4.78 is 20.3. The van der Waals surface area contributed by atoms with E-state index in [1.54, 1.807) is 23.2 Å². The van der Waals surface area contributed by atoms with Gasteiger partial charge in [0.25, 0.3) is 0 Å². The summed E-state index contributed by atoms with van der Waals surface area (Å²) >= 11 is 6.07. The Kier molecular flexibility index (Phi) is 4.55. The summed E-state index contributed by atoms with van der Waals surface area (Å²) in [7, 11) is 0. The van der Waals surface area contributed by atoms with Crippen molar-refractivity contribution in [1.82, 2.24) is 9.97 Å². The van der Waals surface area contributed by atoms with Crippen LogP contribution in [0, 0.1) is 12.7 Å². The van der Waals surface area contributed by atoms with E-state index in [0.29, 0.717) is 35.2 Å². The predicted molar refractivity (Wildman–Crippen MR) is 112 cm³/mol. The molecule has 6 nitrogen and oxygen atoms in total. The number of rotatable bonds is 2. The number of hydrogen-bond donors (Lipinski definition) is 1. The third-order valence-corrected chi connectivity index (χ3v) is 5.65. The van der Waals surface area contributed by atoms with Crippen molar-refractivity contribution in [2.24, 2.45) is 0 Å². The Labute approximate surface area is 177 Å². The number of carbonyl (C=O) groups excluding carboxylic acids is 1. The monoisotopic (exact) mass is 424 g/mol. The fraction of sp³-hybridized carbons (Fsp3) is 0.227. The highest BCUT2D eigenvalue weighted by atomic mass is 35.5. The molecular formula is C22H18ClFN4O2. The van der Waals surface area contributed by atoms with Crippen molar-refractivity contribution in [1.29, 1.82) is 0 Å². The van der Waals surface area contributed by atoms with Gasteiger partial charge in [0.05, 0.1) is 17.3 Å². The Morgan fingerprint density at radius 1 is 1.27 bits per heavy atom. The molecule has 0 spiro atoms. The van der Waals surface area contributed by atoms with Gasteiger partial charge in [-0.25, -0.2) is 14.2 Å². The summed E-state index contributed by atoms with van der Waals surface area (Å²) in [5.41, 5.74) is 3.84. The van der Waals surface area contributed by atoms with Gasteiger partial charge in [0.15, 0.2) is 0 Å². The van der Waals surface area contributed by atoms with E-state index in [1.165, 1.54) is 12.3 Å². The van der Waals surface area contributed by atoms with Crippen LogP contribution in [0.25, 0.3) is 0 Å². The number of fused-ring (bicyclic) bond motifs is 2. The zero-order chi connectivity index (χ0) is 20.8. The number of amides is 2. The topological polar surface area (TPSA) is 67.4 Å². The molecule has 0 radical (unpaired) electrons. The maximum Gasteiger partial charge on any atom is 0.327 e. The van der Waals surface area contributed by atoms with Crippen LogP contribution in [0.1, 0.15) is 34.9 Å². The Bertz CT molecular complexity index is 1170. The van der Waals surface area contributed by atoms with Gasteiger partial charge in [0.2, 0.25) is 0 Å². The SMILES string of the molecule is Cc1cc2c(cc1N1Cc3cc(Cl)cnc3NC1=O)OC(c1ncccc1F)CC2. The Morgan fingerprint density at radius 3 is 2.97 bits per heavy atom. The predicted octanol–water partition coefficient (Wildman–Crippen LogP) is 5.20. The Balaban J connectivity index is 1.49. The number of urea groups is 1. The molecule has 152 valence electrons. The molecule has 0 saturated carbocycles. The van der Waals surface area contributed by atoms with E-state index in [0.717, 1.165) is 28.8 Å². The molecule has 1 atom stereocenters. The van der Waals surface area contributed by atoms with Crippen molar-refractivity contribution in [3.8, 4) is 5.75 Å². The number of halogens is 2. The van der Waals surface area contributed by atoms with Crippen molar-refractivity contribution in [3.05, 3.63) is 75.9 Å². The van der Waals surface area contributed by atoms with E-state index in [-0.39, 0.29) is 11.8 Å². The maximum absolute atomic E-state index is 14.2. The standard InChI is InChI=1S/C22H18ClFN4O2/c1-12-7-13-4-5-18(20-16(24)3-2-6-25-20)30-19(13)9-17(12)28-11-14-8-15(23)10-26-21(14)27-22(28)29/h2-3,6-10,18H,4-5,11H2,1H3,(H,26,27,29). The first-order valence-corrected chi connectivity index (χ1v) is 10.0. The smallest absolute Gasteiger partial charge is 0.327 e. The molecule has 30 heavy (non-hydrogen) atoms. The Hall–Kier alpha value is -3.19. The average molecular weight is 425 g/mol. The number of aryl methyl sites for hydroxylation is 2. The first-order valence-electron chi connectivity index (χ1n) is 9.63. The molecular weight excluding hydrogens is 407 g/mol. The lowest BCUT2D eigenvalue weighted by atomic mass is 9.97. The molecule has 0 fully saturated rings. The van der Waals surface area contributed by atoms with Gasteiger partial charge in [-0.1, -0.05) is 17.7 Å². The van der Waals surface area contributed by atoms with Crippen molar-refractivity contribution < 1.29 is 13.9 Å². The molecule has 2 aliphatic heterocycles. The van der Waals surface area contributed by atoms with Gasteiger partial charge in [-0.05, 0) is 49.1 Å². The molecule has 2 amide bonds. The van der Waals surface area contributed by atoms with Gasteiger partial charge in [0, 0.05) is 24.0 Å². The number of anilines is 2. The van der Waals surface area contributed by atoms with E-state index in [1.807, 2.05) is 19.1 Å². The number of nitrogens with zero attached hydrogens (tertiary/aromatic N) is 3. The summed E-state index contributed by atoms with van der Waals surface area (Å²) in [6, 6.07) is 8.33. The Morgan fingerprint density at radius 2 is 2.13 bits per heavy atom. The second-order valence-electron chi connectivity index (χ2n) is 7.44. The molecule has 2 aromatic heterocycles. The number of ether oxygens (including phenoxy) is 1. The van der Waals surface area contributed by atoms with Crippen LogP contribution in [-0.2, 0) is 13.0 Å². The minimum atomic E-state index is -0.465. The highest BCUT2D eigenvalue weighted by Gasteiger charge is 2.30. The fourth-order valence-electron chi connectivity index (χ4n) is 3.98. The van der Waals surface area contributed by atoms with Gasteiger partial charge in [0.1, 0.15) is 29.2 Å². The minimum Gasteiger partial charge on any atom is -0.484 e. The average Bonchev–Trinajstić information content (AvgIpc) is 2.73. The molecule has 1 N–H and O–H groups in total. The molecule has 3 aromatic rings. The summed E-state index contributed by atoms with van der Waals surface area (Å²) in [4.78, 5) is 22.7. The van der Waals surface area contributed by atoms with Crippen molar-refractivity contribution in [3.63, 3.8) is 0 Å². The molecule has 1 unspecified atom stereocenters. The van der Waals surface area contributed by atoms with Crippen LogP contribution in [0.15, 0.2) is 42.7 Å². The van der Waals surface area contributed by atoms with Crippen LogP contribution >= 0.6 is 11.6 Å². The lowest BCUT2D eigenvalue weighted by Gasteiger charge is -2.32. The molecule has 0 saturated heterocycles. The zero-order valence-corrected chi connectivity index (χ0v) is 16.9. The highest BCUT2D eigenvalue weighted by molar-refractivity contribution is 6.30. The van der Waals surface area contributed by atoms with Crippen LogP contribution in [0.5, 0.6) is 5.75 Å². The van der Waals surface area contributed by atoms with Crippen LogP contribution in [0.4, 0.5) is 20.7 Å². The lowest BCUT2D eigenvalue weighted by molar-refractivity contribution is 0.167. The third-order valence-electron chi connectivity index (χ3n) is 5.44. The summed E-state index contributed by atoms with van der Waals surface area (Å²) in [5.74, 6) is 0.771. The number of benzene rings is 1. The number of nitrogens with one attached hydrogen (secondary N) is 1. The van der Waals surface area contributed by atoms with Crippen molar-refractivity contribution in [2.45, 2.75) is 32.4 Å². The fourth-order valence-corrected chi connectivity index (χ4v) is 4.16. The first kappa shape index (κ1) is 18.8. The highest BCUT2D eigenvalue weighted by Crippen LogP contribution is 2.40. The first-order chi connectivity index (χ1) is 14.5. The summed E-state index contributed by atoms with van der Waals surface area (Å²) in [6.07, 6.45) is 3.98. The largest absolute Gasteiger partial charge is 0.484 e. The molecule has 1 aromatic carbocycles. The van der Waals surface area contributed by atoms with Crippen molar-refractivity contribution >= 4 is 29.1 Å². The molecule has 0 bridgehead atoms. The van der Waals surface area contributed by atoms with Gasteiger partial charge < -0.3 is 4.74 Å². The molecule has 0 aliphatic carbocycles. The number of carbonyl (C=O) groups is 1. The van der Waals surface area contributed by atoms with Gasteiger partial charge in [-0.3, -0.25) is 15.2 Å². The maximum atomic E-state index is 14.2. The van der Waals surface area contributed by atoms with Gasteiger partial charge in [-0.15, -0.1) is 0 Å².